The molecule has 1 saturated heterocycles. The summed E-state index contributed by atoms with van der Waals surface area (Å²) < 4.78 is 76.6. The van der Waals surface area contributed by atoms with Crippen molar-refractivity contribution in [3.05, 3.63) is 0 Å². The van der Waals surface area contributed by atoms with Crippen LogP contribution in [0.15, 0.2) is 0 Å². The minimum atomic E-state index is -5.75. The van der Waals surface area contributed by atoms with Gasteiger partial charge in [-0.25, -0.2) is 0 Å². The highest BCUT2D eigenvalue weighted by Crippen LogP contribution is 2.57. The highest BCUT2D eigenvalue weighted by atomic mass is 19.4. The third-order valence-corrected chi connectivity index (χ3v) is 4.48. The van der Waals surface area contributed by atoms with Crippen molar-refractivity contribution in [1.82, 2.24) is 0 Å². The highest BCUT2D eigenvalue weighted by Gasteiger charge is 2.84. The number of hydrogen-bond donors (Lipinski definition) is 1. The van der Waals surface area contributed by atoms with Crippen molar-refractivity contribution in [3.8, 4) is 0 Å². The van der Waals surface area contributed by atoms with Gasteiger partial charge in [0.15, 0.2) is 0 Å². The minimum Gasteiger partial charge on any atom is -0.449 e. The molecule has 1 heterocycles. The summed E-state index contributed by atoms with van der Waals surface area (Å²) in [6.45, 7) is 5.54. The summed E-state index contributed by atoms with van der Waals surface area (Å²) >= 11 is 0. The summed E-state index contributed by atoms with van der Waals surface area (Å²) in [5.74, 6) is -11.9. The molecule has 23 heavy (non-hydrogen) atoms. The molecule has 136 valence electrons. The van der Waals surface area contributed by atoms with Crippen LogP contribution >= 0.6 is 0 Å². The van der Waals surface area contributed by atoms with Crippen LogP contribution < -0.4 is 0 Å². The first kappa shape index (κ1) is 20.1. The van der Waals surface area contributed by atoms with Crippen molar-refractivity contribution in [2.75, 3.05) is 6.61 Å². The smallest absolute Gasteiger partial charge is 0.449 e. The van der Waals surface area contributed by atoms with Crippen LogP contribution in [-0.4, -0.2) is 41.2 Å². The van der Waals surface area contributed by atoms with Gasteiger partial charge in [0, 0.05) is 5.92 Å². The zero-order valence-electron chi connectivity index (χ0n) is 13.6. The van der Waals surface area contributed by atoms with E-state index in [9.17, 15) is 31.9 Å². The molecule has 0 amide bonds. The summed E-state index contributed by atoms with van der Waals surface area (Å²) in [5.41, 5.74) is -4.09. The molecule has 9 heteroatoms. The van der Waals surface area contributed by atoms with Crippen LogP contribution in [0.25, 0.3) is 0 Å². The number of rotatable bonds is 4. The normalized spacial score (nSPS) is 31.5. The van der Waals surface area contributed by atoms with Gasteiger partial charge in [0.2, 0.25) is 5.60 Å². The van der Waals surface area contributed by atoms with Crippen molar-refractivity contribution < 1.29 is 41.3 Å². The second-order valence-electron chi connectivity index (χ2n) is 6.68. The number of hydrogen-bond acceptors (Lipinski definition) is 4. The molecule has 1 rings (SSSR count). The fourth-order valence-electron chi connectivity index (χ4n) is 2.13. The van der Waals surface area contributed by atoms with E-state index in [0.717, 1.165) is 0 Å². The molecule has 2 unspecified atom stereocenters. The van der Waals surface area contributed by atoms with Crippen LogP contribution in [0.2, 0.25) is 0 Å². The topological polar surface area (TPSA) is 55.8 Å². The van der Waals surface area contributed by atoms with Crippen LogP contribution in [0, 0.1) is 11.3 Å². The van der Waals surface area contributed by atoms with Gasteiger partial charge in [-0.2, -0.15) is 22.0 Å². The Bertz CT molecular complexity index is 474. The van der Waals surface area contributed by atoms with Crippen LogP contribution in [0.3, 0.4) is 0 Å². The molecule has 1 N–H and O–H groups in total. The van der Waals surface area contributed by atoms with Crippen molar-refractivity contribution in [2.45, 2.75) is 64.5 Å². The lowest BCUT2D eigenvalue weighted by atomic mass is 9.81. The van der Waals surface area contributed by atoms with Crippen LogP contribution in [0.4, 0.5) is 22.0 Å². The van der Waals surface area contributed by atoms with Crippen molar-refractivity contribution in [3.63, 3.8) is 0 Å². The van der Waals surface area contributed by atoms with Gasteiger partial charge in [0.1, 0.15) is 0 Å². The van der Waals surface area contributed by atoms with E-state index in [2.05, 4.69) is 4.74 Å². The molecule has 0 aromatic rings. The van der Waals surface area contributed by atoms with E-state index >= 15 is 0 Å². The first-order valence-electron chi connectivity index (χ1n) is 7.13. The number of esters is 1. The molecule has 0 aromatic heterocycles. The summed E-state index contributed by atoms with van der Waals surface area (Å²) in [6.07, 6.45) is -5.52. The average molecular weight is 348 g/mol. The Morgan fingerprint density at radius 1 is 1.30 bits per heavy atom. The Hall–Kier alpha value is -0.960. The summed E-state index contributed by atoms with van der Waals surface area (Å²) in [7, 11) is 0. The molecule has 0 saturated carbocycles. The Kier molecular flexibility index (Phi) is 4.84. The van der Waals surface area contributed by atoms with Gasteiger partial charge < -0.3 is 14.6 Å². The number of alkyl halides is 5. The van der Waals surface area contributed by atoms with Crippen molar-refractivity contribution >= 4 is 5.97 Å². The maximum Gasteiger partial charge on any atom is 0.449 e. The van der Waals surface area contributed by atoms with E-state index in [0.29, 0.717) is 0 Å². The lowest BCUT2D eigenvalue weighted by molar-refractivity contribution is -0.411. The molecule has 0 aromatic carbocycles. The Morgan fingerprint density at radius 2 is 1.78 bits per heavy atom. The maximum absolute atomic E-state index is 14.5. The van der Waals surface area contributed by atoms with E-state index in [1.54, 1.807) is 6.92 Å². The van der Waals surface area contributed by atoms with E-state index in [1.807, 2.05) is 0 Å². The first-order chi connectivity index (χ1) is 10.1. The molecular weight excluding hydrogens is 327 g/mol. The third-order valence-electron chi connectivity index (χ3n) is 4.48. The Morgan fingerprint density at radius 3 is 2.09 bits per heavy atom. The predicted molar refractivity (Wildman–Crippen MR) is 69.6 cm³/mol. The molecule has 0 aliphatic carbocycles. The Balaban J connectivity index is 3.36. The molecule has 0 spiro atoms. The number of carbonyl (C=O) groups is 1. The van der Waals surface area contributed by atoms with Gasteiger partial charge in [-0.05, 0) is 20.3 Å². The number of ether oxygens (including phenoxy) is 2. The van der Waals surface area contributed by atoms with E-state index in [-0.39, 0.29) is 6.42 Å². The van der Waals surface area contributed by atoms with Crippen molar-refractivity contribution in [2.24, 2.45) is 11.3 Å². The van der Waals surface area contributed by atoms with Gasteiger partial charge in [0.25, 0.3) is 0 Å². The molecule has 1 aliphatic rings. The first-order valence-corrected chi connectivity index (χ1v) is 7.13. The summed E-state index contributed by atoms with van der Waals surface area (Å²) in [6, 6.07) is 0. The lowest BCUT2D eigenvalue weighted by Crippen LogP contribution is -2.66. The van der Waals surface area contributed by atoms with Gasteiger partial charge in [-0.1, -0.05) is 20.8 Å². The van der Waals surface area contributed by atoms with E-state index in [1.165, 1.54) is 27.7 Å². The predicted octanol–water partition coefficient (Wildman–Crippen LogP) is 3.28. The zero-order valence-corrected chi connectivity index (χ0v) is 13.6. The van der Waals surface area contributed by atoms with Crippen LogP contribution in [0.5, 0.6) is 0 Å². The highest BCUT2D eigenvalue weighted by molar-refractivity contribution is 5.76. The van der Waals surface area contributed by atoms with Gasteiger partial charge >= 0.3 is 23.9 Å². The average Bonchev–Trinajstić information content (AvgIpc) is 2.60. The van der Waals surface area contributed by atoms with Gasteiger partial charge in [-0.3, -0.25) is 4.79 Å². The minimum absolute atomic E-state index is 0.232. The monoisotopic (exact) mass is 348 g/mol. The maximum atomic E-state index is 14.5. The van der Waals surface area contributed by atoms with Crippen LogP contribution in [-0.2, 0) is 14.3 Å². The van der Waals surface area contributed by atoms with Gasteiger partial charge in [0.05, 0.1) is 12.0 Å². The molecule has 4 nitrogen and oxygen atoms in total. The number of halogens is 5. The van der Waals surface area contributed by atoms with E-state index < -0.39 is 47.4 Å². The lowest BCUT2D eigenvalue weighted by Gasteiger charge is -2.41. The number of aliphatic hydroxyl groups is 1. The fraction of sp³-hybridized carbons (Fsp3) is 0.929. The molecule has 2 atom stereocenters. The fourth-order valence-corrected chi connectivity index (χ4v) is 2.13. The van der Waals surface area contributed by atoms with Crippen LogP contribution in [0.1, 0.15) is 41.0 Å². The molecule has 1 aliphatic heterocycles. The second kappa shape index (κ2) is 5.54. The van der Waals surface area contributed by atoms with E-state index in [4.69, 9.17) is 4.74 Å². The Labute approximate surface area is 130 Å². The zero-order chi connectivity index (χ0) is 18.5. The third kappa shape index (κ3) is 2.71. The number of carbonyl (C=O) groups excluding carboxylic acids is 1. The summed E-state index contributed by atoms with van der Waals surface area (Å²) in [4.78, 5) is 12.1. The standard InChI is InChI=1S/C14H21F5O4/c1-6-10(4,5)9(20)23-11(8(2)3)7-22-13(21,12(11,15)16)14(17,18)19/h8,21H,6-7H2,1-5H3. The summed E-state index contributed by atoms with van der Waals surface area (Å²) in [5, 5.41) is 9.42. The second-order valence-corrected chi connectivity index (χ2v) is 6.68. The SMILES string of the molecule is CCC(C)(C)C(=O)OC1(C(C)C)COC(O)(C(F)(F)F)C1(F)F. The molecule has 1 fully saturated rings. The molecule has 0 bridgehead atoms. The van der Waals surface area contributed by atoms with Crippen molar-refractivity contribution in [1.29, 1.82) is 0 Å². The molecular formula is C14H21F5O4. The molecule has 0 radical (unpaired) electrons. The largest absolute Gasteiger partial charge is 0.449 e. The quantitative estimate of drug-likeness (QED) is 0.626. The van der Waals surface area contributed by atoms with Gasteiger partial charge in [-0.15, -0.1) is 0 Å².